The van der Waals surface area contributed by atoms with E-state index in [1.54, 1.807) is 0 Å². The summed E-state index contributed by atoms with van der Waals surface area (Å²) in [5, 5.41) is 10.0. The molecular weight excluding hydrogens is 202 g/mol. The number of piperidine rings is 1. The molecule has 3 heteroatoms. The summed E-state index contributed by atoms with van der Waals surface area (Å²) in [6, 6.07) is 0. The summed E-state index contributed by atoms with van der Waals surface area (Å²) >= 11 is 0. The molecule has 0 spiro atoms. The van der Waals surface area contributed by atoms with Crippen LogP contribution < -0.4 is 0 Å². The number of carbonyl (C=O) groups excluding carboxylic acids is 1. The molecule has 0 bridgehead atoms. The Morgan fingerprint density at radius 2 is 2.00 bits per heavy atom. The summed E-state index contributed by atoms with van der Waals surface area (Å²) in [6.45, 7) is 3.24. The van der Waals surface area contributed by atoms with Gasteiger partial charge in [0.05, 0.1) is 5.60 Å². The largest absolute Gasteiger partial charge is 0.388 e. The van der Waals surface area contributed by atoms with Crippen LogP contribution in [0.4, 0.5) is 0 Å². The monoisotopic (exact) mass is 223 g/mol. The minimum Gasteiger partial charge on any atom is -0.388 e. The molecule has 1 aliphatic heterocycles. The molecule has 3 aliphatic rings. The average molecular weight is 223 g/mol. The zero-order valence-corrected chi connectivity index (χ0v) is 9.98. The summed E-state index contributed by atoms with van der Waals surface area (Å²) in [4.78, 5) is 14.2. The third-order valence-electron chi connectivity index (χ3n) is 4.68. The second-order valence-corrected chi connectivity index (χ2v) is 6.14. The molecule has 1 amide bonds. The lowest BCUT2D eigenvalue weighted by molar-refractivity contribution is -0.139. The highest BCUT2D eigenvalue weighted by Gasteiger charge is 2.57. The fourth-order valence-electron chi connectivity index (χ4n) is 3.81. The molecule has 2 aliphatic carbocycles. The highest BCUT2D eigenvalue weighted by molar-refractivity contribution is 5.82. The molecule has 1 saturated heterocycles. The minimum atomic E-state index is -0.655. The Balaban J connectivity index is 1.63. The molecule has 0 aromatic carbocycles. The summed E-state index contributed by atoms with van der Waals surface area (Å²) in [5.41, 5.74) is -0.655. The molecule has 3 rings (SSSR count). The van der Waals surface area contributed by atoms with Crippen molar-refractivity contribution in [3.63, 3.8) is 0 Å². The number of amides is 1. The van der Waals surface area contributed by atoms with Gasteiger partial charge in [-0.1, -0.05) is 6.42 Å². The molecule has 3 unspecified atom stereocenters. The van der Waals surface area contributed by atoms with Gasteiger partial charge in [0.25, 0.3) is 0 Å². The maximum Gasteiger partial charge on any atom is 0.226 e. The lowest BCUT2D eigenvalue weighted by atomic mass is 9.94. The van der Waals surface area contributed by atoms with Gasteiger partial charge in [-0.2, -0.15) is 0 Å². The van der Waals surface area contributed by atoms with Crippen molar-refractivity contribution in [3.8, 4) is 0 Å². The standard InChI is InChI=1S/C13H21NO2/c1-13(16)6-3-7-14(8-13)12(15)11-9-4-2-5-10(9)11/h9-11,16H,2-8H2,1H3. The van der Waals surface area contributed by atoms with Crippen LogP contribution in [0.15, 0.2) is 0 Å². The van der Waals surface area contributed by atoms with E-state index in [4.69, 9.17) is 0 Å². The lowest BCUT2D eigenvalue weighted by Gasteiger charge is -2.37. The van der Waals surface area contributed by atoms with Crippen LogP contribution in [0.2, 0.25) is 0 Å². The van der Waals surface area contributed by atoms with Gasteiger partial charge < -0.3 is 10.0 Å². The van der Waals surface area contributed by atoms with E-state index in [1.807, 2.05) is 11.8 Å². The van der Waals surface area contributed by atoms with Crippen LogP contribution >= 0.6 is 0 Å². The molecule has 0 aromatic rings. The Morgan fingerprint density at radius 1 is 1.31 bits per heavy atom. The van der Waals surface area contributed by atoms with Crippen molar-refractivity contribution >= 4 is 5.91 Å². The second-order valence-electron chi connectivity index (χ2n) is 6.14. The first-order valence-electron chi connectivity index (χ1n) is 6.60. The van der Waals surface area contributed by atoms with E-state index < -0.39 is 5.60 Å². The third-order valence-corrected chi connectivity index (χ3v) is 4.68. The summed E-state index contributed by atoms with van der Waals surface area (Å²) in [7, 11) is 0. The summed E-state index contributed by atoms with van der Waals surface area (Å²) in [5.74, 6) is 2.04. The third kappa shape index (κ3) is 1.65. The van der Waals surface area contributed by atoms with Crippen LogP contribution in [-0.4, -0.2) is 34.6 Å². The minimum absolute atomic E-state index is 0.322. The van der Waals surface area contributed by atoms with E-state index in [-0.39, 0.29) is 0 Å². The fraction of sp³-hybridized carbons (Fsp3) is 0.923. The Bertz CT molecular complexity index is 303. The molecule has 3 nitrogen and oxygen atoms in total. The smallest absolute Gasteiger partial charge is 0.226 e. The van der Waals surface area contributed by atoms with Crippen molar-refractivity contribution in [3.05, 3.63) is 0 Å². The second kappa shape index (κ2) is 3.46. The van der Waals surface area contributed by atoms with Gasteiger partial charge in [0.2, 0.25) is 5.91 Å². The number of nitrogens with zero attached hydrogens (tertiary/aromatic N) is 1. The van der Waals surface area contributed by atoms with Gasteiger partial charge in [0.15, 0.2) is 0 Å². The molecular formula is C13H21NO2. The first kappa shape index (κ1) is 10.6. The van der Waals surface area contributed by atoms with Crippen molar-refractivity contribution in [2.75, 3.05) is 13.1 Å². The zero-order valence-electron chi connectivity index (χ0n) is 9.98. The highest BCUT2D eigenvalue weighted by atomic mass is 16.3. The van der Waals surface area contributed by atoms with E-state index >= 15 is 0 Å². The van der Waals surface area contributed by atoms with Crippen LogP contribution in [0.25, 0.3) is 0 Å². The predicted octanol–water partition coefficient (Wildman–Crippen LogP) is 1.41. The summed E-state index contributed by atoms with van der Waals surface area (Å²) in [6.07, 6.45) is 5.60. The molecule has 1 N–H and O–H groups in total. The van der Waals surface area contributed by atoms with Gasteiger partial charge in [-0.15, -0.1) is 0 Å². The first-order chi connectivity index (χ1) is 7.58. The molecule has 16 heavy (non-hydrogen) atoms. The Hall–Kier alpha value is -0.570. The van der Waals surface area contributed by atoms with Gasteiger partial charge in [-0.25, -0.2) is 0 Å². The number of likely N-dealkylation sites (tertiary alicyclic amines) is 1. The van der Waals surface area contributed by atoms with E-state index in [2.05, 4.69) is 0 Å². The number of rotatable bonds is 1. The molecule has 0 aromatic heterocycles. The quantitative estimate of drug-likeness (QED) is 0.730. The Morgan fingerprint density at radius 3 is 2.62 bits per heavy atom. The van der Waals surface area contributed by atoms with Crippen LogP contribution in [0, 0.1) is 17.8 Å². The van der Waals surface area contributed by atoms with Gasteiger partial charge in [-0.05, 0) is 44.4 Å². The van der Waals surface area contributed by atoms with E-state index in [9.17, 15) is 9.90 Å². The Labute approximate surface area is 96.8 Å². The highest BCUT2D eigenvalue weighted by Crippen LogP contribution is 2.58. The van der Waals surface area contributed by atoms with Crippen molar-refractivity contribution < 1.29 is 9.90 Å². The molecule has 0 radical (unpaired) electrons. The maximum absolute atomic E-state index is 12.3. The van der Waals surface area contributed by atoms with Gasteiger partial charge >= 0.3 is 0 Å². The summed E-state index contributed by atoms with van der Waals surface area (Å²) < 4.78 is 0. The molecule has 3 atom stereocenters. The number of hydrogen-bond acceptors (Lipinski definition) is 2. The van der Waals surface area contributed by atoms with Gasteiger partial charge in [0.1, 0.15) is 0 Å². The molecule has 90 valence electrons. The number of aliphatic hydroxyl groups is 1. The molecule has 3 fully saturated rings. The normalized spacial score (nSPS) is 46.6. The van der Waals surface area contributed by atoms with Gasteiger partial charge in [0, 0.05) is 19.0 Å². The Kier molecular flexibility index (Phi) is 2.29. The topological polar surface area (TPSA) is 40.5 Å². The van der Waals surface area contributed by atoms with Crippen molar-refractivity contribution in [2.45, 2.75) is 44.6 Å². The van der Waals surface area contributed by atoms with E-state index in [0.29, 0.717) is 30.2 Å². The van der Waals surface area contributed by atoms with E-state index in [0.717, 1.165) is 19.4 Å². The van der Waals surface area contributed by atoms with Crippen molar-refractivity contribution in [1.29, 1.82) is 0 Å². The van der Waals surface area contributed by atoms with E-state index in [1.165, 1.54) is 19.3 Å². The SMILES string of the molecule is CC1(O)CCCN(C(=O)C2C3CCCC32)C1. The van der Waals surface area contributed by atoms with Gasteiger partial charge in [-0.3, -0.25) is 4.79 Å². The van der Waals surface area contributed by atoms with Crippen LogP contribution in [0.5, 0.6) is 0 Å². The number of carbonyl (C=O) groups is 1. The van der Waals surface area contributed by atoms with Crippen LogP contribution in [-0.2, 0) is 4.79 Å². The predicted molar refractivity (Wildman–Crippen MR) is 60.8 cm³/mol. The van der Waals surface area contributed by atoms with Crippen LogP contribution in [0.3, 0.4) is 0 Å². The average Bonchev–Trinajstić information content (AvgIpc) is 2.68. The van der Waals surface area contributed by atoms with Crippen molar-refractivity contribution in [2.24, 2.45) is 17.8 Å². The zero-order chi connectivity index (χ0) is 11.3. The fourth-order valence-corrected chi connectivity index (χ4v) is 3.81. The number of β-amino-alcohol motifs (C(OH)–C–C–N with tert-alkyl or cyclic N) is 1. The van der Waals surface area contributed by atoms with Crippen LogP contribution in [0.1, 0.15) is 39.0 Å². The number of fused-ring (bicyclic) bond motifs is 1. The maximum atomic E-state index is 12.3. The lowest BCUT2D eigenvalue weighted by Crippen LogP contribution is -2.49. The van der Waals surface area contributed by atoms with Crippen molar-refractivity contribution in [1.82, 2.24) is 4.90 Å². The first-order valence-corrected chi connectivity index (χ1v) is 6.60. The molecule has 1 heterocycles. The molecule has 2 saturated carbocycles. The number of hydrogen-bond donors (Lipinski definition) is 1.